The fourth-order valence-corrected chi connectivity index (χ4v) is 1.64. The monoisotopic (exact) mass is 251 g/mol. The molecular formula is C13H17NO4. The summed E-state index contributed by atoms with van der Waals surface area (Å²) in [5.41, 5.74) is 0.502. The molecule has 0 spiro atoms. The molecule has 1 unspecified atom stereocenters. The predicted molar refractivity (Wildman–Crippen MR) is 66.1 cm³/mol. The number of aliphatic hydroxyl groups is 1. The quantitative estimate of drug-likeness (QED) is 0.836. The van der Waals surface area contributed by atoms with Crippen LogP contribution in [-0.4, -0.2) is 36.9 Å². The third kappa shape index (κ3) is 2.92. The Hall–Kier alpha value is -1.75. The predicted octanol–water partition coefficient (Wildman–Crippen LogP) is 0.959. The molecule has 0 aromatic heterocycles. The van der Waals surface area contributed by atoms with Gasteiger partial charge in [-0.2, -0.15) is 0 Å². The molecule has 1 aliphatic rings. The largest absolute Gasteiger partial charge is 0.486 e. The lowest BCUT2D eigenvalue weighted by atomic mass is 10.1. The summed E-state index contributed by atoms with van der Waals surface area (Å²) >= 11 is 0. The van der Waals surface area contributed by atoms with E-state index in [1.165, 1.54) is 0 Å². The summed E-state index contributed by atoms with van der Waals surface area (Å²) in [4.78, 5) is 11.8. The number of rotatable bonds is 4. The summed E-state index contributed by atoms with van der Waals surface area (Å²) in [6, 6.07) is 5.06. The smallest absolute Gasteiger partial charge is 0.251 e. The van der Waals surface area contributed by atoms with Crippen LogP contribution in [0.15, 0.2) is 18.2 Å². The number of hydrogen-bond acceptors (Lipinski definition) is 4. The maximum Gasteiger partial charge on any atom is 0.251 e. The Bertz CT molecular complexity index is 433. The molecule has 0 fully saturated rings. The molecule has 1 aliphatic heterocycles. The standard InChI is InChI=1S/C13H17NO4/c1-2-10(15)8-14-13(16)9-3-4-11-12(7-9)18-6-5-17-11/h3-4,7,10,15H,2,5-6,8H2,1H3,(H,14,16). The topological polar surface area (TPSA) is 67.8 Å². The van der Waals surface area contributed by atoms with E-state index in [-0.39, 0.29) is 12.5 Å². The van der Waals surface area contributed by atoms with Crippen molar-refractivity contribution in [2.24, 2.45) is 0 Å². The molecular weight excluding hydrogens is 234 g/mol. The lowest BCUT2D eigenvalue weighted by Gasteiger charge is -2.18. The highest BCUT2D eigenvalue weighted by Gasteiger charge is 2.15. The maximum absolute atomic E-state index is 11.8. The van der Waals surface area contributed by atoms with Gasteiger partial charge in [-0.3, -0.25) is 4.79 Å². The van der Waals surface area contributed by atoms with Gasteiger partial charge in [0.25, 0.3) is 5.91 Å². The molecule has 1 heterocycles. The van der Waals surface area contributed by atoms with Gasteiger partial charge in [-0.15, -0.1) is 0 Å². The van der Waals surface area contributed by atoms with Gasteiger partial charge in [0.05, 0.1) is 6.10 Å². The second-order valence-corrected chi connectivity index (χ2v) is 4.13. The van der Waals surface area contributed by atoms with Crippen molar-refractivity contribution in [1.29, 1.82) is 0 Å². The van der Waals surface area contributed by atoms with Crippen molar-refractivity contribution in [2.75, 3.05) is 19.8 Å². The van der Waals surface area contributed by atoms with Crippen LogP contribution in [0.2, 0.25) is 0 Å². The van der Waals surface area contributed by atoms with Crippen molar-refractivity contribution in [2.45, 2.75) is 19.4 Å². The Labute approximate surface area is 106 Å². The number of benzene rings is 1. The second kappa shape index (κ2) is 5.73. The molecule has 5 nitrogen and oxygen atoms in total. The molecule has 0 bridgehead atoms. The molecule has 0 radical (unpaired) electrons. The number of nitrogens with one attached hydrogen (secondary N) is 1. The number of carbonyl (C=O) groups is 1. The van der Waals surface area contributed by atoms with Gasteiger partial charge in [0, 0.05) is 12.1 Å². The van der Waals surface area contributed by atoms with Crippen LogP contribution in [0, 0.1) is 0 Å². The van der Waals surface area contributed by atoms with Crippen molar-refractivity contribution >= 4 is 5.91 Å². The van der Waals surface area contributed by atoms with E-state index < -0.39 is 6.10 Å². The van der Waals surface area contributed by atoms with Crippen LogP contribution >= 0.6 is 0 Å². The van der Waals surface area contributed by atoms with Gasteiger partial charge >= 0.3 is 0 Å². The normalized spacial score (nSPS) is 15.0. The van der Waals surface area contributed by atoms with Crippen LogP contribution in [0.3, 0.4) is 0 Å². The van der Waals surface area contributed by atoms with E-state index in [1.54, 1.807) is 18.2 Å². The number of fused-ring (bicyclic) bond motifs is 1. The Balaban J connectivity index is 2.02. The molecule has 0 saturated carbocycles. The van der Waals surface area contributed by atoms with E-state index in [0.717, 1.165) is 0 Å². The first-order valence-corrected chi connectivity index (χ1v) is 6.06. The third-order valence-electron chi connectivity index (χ3n) is 2.77. The molecule has 1 aromatic rings. The van der Waals surface area contributed by atoms with E-state index in [4.69, 9.17) is 9.47 Å². The van der Waals surface area contributed by atoms with E-state index in [0.29, 0.717) is 36.7 Å². The summed E-state index contributed by atoms with van der Waals surface area (Å²) in [5.74, 6) is 1.02. The third-order valence-corrected chi connectivity index (χ3v) is 2.77. The zero-order chi connectivity index (χ0) is 13.0. The van der Waals surface area contributed by atoms with Gasteiger partial charge in [0.15, 0.2) is 11.5 Å². The van der Waals surface area contributed by atoms with Crippen molar-refractivity contribution in [1.82, 2.24) is 5.32 Å². The number of aliphatic hydroxyl groups excluding tert-OH is 1. The molecule has 18 heavy (non-hydrogen) atoms. The van der Waals surface area contributed by atoms with Crippen LogP contribution in [0.25, 0.3) is 0 Å². The Morgan fingerprint density at radius 2 is 2.11 bits per heavy atom. The fourth-order valence-electron chi connectivity index (χ4n) is 1.64. The molecule has 1 aromatic carbocycles. The Morgan fingerprint density at radius 1 is 1.39 bits per heavy atom. The summed E-state index contributed by atoms with van der Waals surface area (Å²) in [7, 11) is 0. The van der Waals surface area contributed by atoms with Gasteiger partial charge in [-0.25, -0.2) is 0 Å². The van der Waals surface area contributed by atoms with Crippen LogP contribution in [0.4, 0.5) is 0 Å². The van der Waals surface area contributed by atoms with Gasteiger partial charge in [-0.05, 0) is 24.6 Å². The minimum Gasteiger partial charge on any atom is -0.486 e. The number of carbonyl (C=O) groups excluding carboxylic acids is 1. The highest BCUT2D eigenvalue weighted by atomic mass is 16.6. The summed E-state index contributed by atoms with van der Waals surface area (Å²) < 4.78 is 10.8. The zero-order valence-corrected chi connectivity index (χ0v) is 10.3. The molecule has 5 heteroatoms. The van der Waals surface area contributed by atoms with Crippen molar-refractivity contribution in [3.05, 3.63) is 23.8 Å². The van der Waals surface area contributed by atoms with Gasteiger partial charge in [-0.1, -0.05) is 6.92 Å². The Morgan fingerprint density at radius 3 is 2.83 bits per heavy atom. The summed E-state index contributed by atoms with van der Waals surface area (Å²) in [6.07, 6.45) is 0.104. The summed E-state index contributed by atoms with van der Waals surface area (Å²) in [6.45, 7) is 3.14. The first kappa shape index (κ1) is 12.7. The van der Waals surface area contributed by atoms with E-state index in [9.17, 15) is 9.90 Å². The fraction of sp³-hybridized carbons (Fsp3) is 0.462. The highest BCUT2D eigenvalue weighted by molar-refractivity contribution is 5.94. The highest BCUT2D eigenvalue weighted by Crippen LogP contribution is 2.30. The number of ether oxygens (including phenoxy) is 2. The van der Waals surface area contributed by atoms with Crippen molar-refractivity contribution in [3.8, 4) is 11.5 Å². The van der Waals surface area contributed by atoms with Crippen molar-refractivity contribution < 1.29 is 19.4 Å². The molecule has 1 amide bonds. The lowest BCUT2D eigenvalue weighted by Crippen LogP contribution is -2.31. The number of hydrogen-bond donors (Lipinski definition) is 2. The van der Waals surface area contributed by atoms with Crippen LogP contribution in [-0.2, 0) is 0 Å². The molecule has 0 saturated heterocycles. The molecule has 0 aliphatic carbocycles. The first-order valence-electron chi connectivity index (χ1n) is 6.06. The minimum absolute atomic E-state index is 0.223. The molecule has 98 valence electrons. The van der Waals surface area contributed by atoms with Crippen LogP contribution < -0.4 is 14.8 Å². The first-order chi connectivity index (χ1) is 8.70. The Kier molecular flexibility index (Phi) is 4.04. The maximum atomic E-state index is 11.8. The molecule has 2 N–H and O–H groups in total. The lowest BCUT2D eigenvalue weighted by molar-refractivity contribution is 0.0912. The van der Waals surface area contributed by atoms with Crippen molar-refractivity contribution in [3.63, 3.8) is 0 Å². The van der Waals surface area contributed by atoms with Crippen LogP contribution in [0.5, 0.6) is 11.5 Å². The zero-order valence-electron chi connectivity index (χ0n) is 10.3. The molecule has 2 rings (SSSR count). The SMILES string of the molecule is CCC(O)CNC(=O)c1ccc2c(c1)OCCO2. The second-order valence-electron chi connectivity index (χ2n) is 4.13. The van der Waals surface area contributed by atoms with E-state index >= 15 is 0 Å². The molecule has 1 atom stereocenters. The van der Waals surface area contributed by atoms with Gasteiger partial charge < -0.3 is 19.9 Å². The van der Waals surface area contributed by atoms with E-state index in [2.05, 4.69) is 5.32 Å². The van der Waals surface area contributed by atoms with E-state index in [1.807, 2.05) is 6.92 Å². The number of amides is 1. The van der Waals surface area contributed by atoms with Gasteiger partial charge in [0.2, 0.25) is 0 Å². The summed E-state index contributed by atoms with van der Waals surface area (Å²) in [5, 5.41) is 12.1. The minimum atomic E-state index is -0.508. The average Bonchev–Trinajstić information content (AvgIpc) is 2.43. The van der Waals surface area contributed by atoms with Gasteiger partial charge in [0.1, 0.15) is 13.2 Å². The van der Waals surface area contributed by atoms with Crippen LogP contribution in [0.1, 0.15) is 23.7 Å². The average molecular weight is 251 g/mol.